The zero-order chi connectivity index (χ0) is 9.61. The summed E-state index contributed by atoms with van der Waals surface area (Å²) in [6, 6.07) is 0. The van der Waals surface area contributed by atoms with E-state index >= 15 is 0 Å². The van der Waals surface area contributed by atoms with E-state index in [0.29, 0.717) is 5.41 Å². The molecule has 0 bridgehead atoms. The Morgan fingerprint density at radius 1 is 1.08 bits per heavy atom. The molecule has 0 spiro atoms. The molecule has 0 aliphatic heterocycles. The maximum Gasteiger partial charge on any atom is -0.0354 e. The molecule has 0 radical (unpaired) electrons. The summed E-state index contributed by atoms with van der Waals surface area (Å²) in [4.78, 5) is 0. The molecule has 0 nitrogen and oxygen atoms in total. The van der Waals surface area contributed by atoms with Crippen LogP contribution in [0.5, 0.6) is 0 Å². The van der Waals surface area contributed by atoms with Crippen LogP contribution in [0.3, 0.4) is 0 Å². The fourth-order valence-corrected chi connectivity index (χ4v) is 1.46. The van der Waals surface area contributed by atoms with Crippen molar-refractivity contribution in [2.75, 3.05) is 0 Å². The van der Waals surface area contributed by atoms with E-state index in [0.717, 1.165) is 5.92 Å². The molecule has 0 aromatic heterocycles. The average Bonchev–Trinajstić information content (AvgIpc) is 1.98. The third-order valence-corrected chi connectivity index (χ3v) is 2.61. The third-order valence-electron chi connectivity index (χ3n) is 2.61. The van der Waals surface area contributed by atoms with Gasteiger partial charge in [0.25, 0.3) is 0 Å². The van der Waals surface area contributed by atoms with Crippen LogP contribution in [0.15, 0.2) is 0 Å². The van der Waals surface area contributed by atoms with Gasteiger partial charge in [-0.05, 0) is 24.2 Å². The van der Waals surface area contributed by atoms with Crippen molar-refractivity contribution in [3.63, 3.8) is 0 Å². The molecular weight excluding hydrogens is 144 g/mol. The molecule has 0 N–H and O–H groups in total. The maximum atomic E-state index is 2.41. The molecule has 0 heteroatoms. The van der Waals surface area contributed by atoms with Crippen molar-refractivity contribution in [3.8, 4) is 0 Å². The van der Waals surface area contributed by atoms with Gasteiger partial charge in [0.1, 0.15) is 0 Å². The summed E-state index contributed by atoms with van der Waals surface area (Å²) in [5.41, 5.74) is 0.584. The largest absolute Gasteiger partial charge is 0.0654 e. The second-order valence-electron chi connectivity index (χ2n) is 5.20. The van der Waals surface area contributed by atoms with E-state index in [1.54, 1.807) is 0 Å². The summed E-state index contributed by atoms with van der Waals surface area (Å²) in [7, 11) is 0. The molecule has 0 saturated heterocycles. The lowest BCUT2D eigenvalue weighted by molar-refractivity contribution is 0.274. The number of rotatable bonds is 6. The highest BCUT2D eigenvalue weighted by Gasteiger charge is 2.16. The van der Waals surface area contributed by atoms with E-state index in [2.05, 4.69) is 34.6 Å². The Balaban J connectivity index is 3.56. The van der Waals surface area contributed by atoms with Crippen molar-refractivity contribution in [1.29, 1.82) is 0 Å². The lowest BCUT2D eigenvalue weighted by Crippen LogP contribution is -2.12. The lowest BCUT2D eigenvalue weighted by Gasteiger charge is -2.25. The highest BCUT2D eigenvalue weighted by Crippen LogP contribution is 2.30. The first-order valence-electron chi connectivity index (χ1n) is 5.48. The van der Waals surface area contributed by atoms with Gasteiger partial charge in [0.05, 0.1) is 0 Å². The smallest absolute Gasteiger partial charge is 0.0354 e. The SMILES string of the molecule is CCCCC(C)(C)CCC(C)C. The molecule has 0 aromatic carbocycles. The minimum atomic E-state index is 0.584. The van der Waals surface area contributed by atoms with Gasteiger partial charge in [0.15, 0.2) is 0 Å². The fourth-order valence-electron chi connectivity index (χ4n) is 1.46. The van der Waals surface area contributed by atoms with E-state index in [4.69, 9.17) is 0 Å². The summed E-state index contributed by atoms with van der Waals surface area (Å²) < 4.78 is 0. The minimum Gasteiger partial charge on any atom is -0.0654 e. The Hall–Kier alpha value is 0. The van der Waals surface area contributed by atoms with E-state index in [1.165, 1.54) is 32.1 Å². The Morgan fingerprint density at radius 2 is 1.67 bits per heavy atom. The lowest BCUT2D eigenvalue weighted by atomic mass is 9.81. The summed E-state index contributed by atoms with van der Waals surface area (Å²) in [5.74, 6) is 0.867. The van der Waals surface area contributed by atoms with Gasteiger partial charge in [-0.1, -0.05) is 53.9 Å². The molecule has 74 valence electrons. The van der Waals surface area contributed by atoms with E-state index in [-0.39, 0.29) is 0 Å². The second kappa shape index (κ2) is 5.61. The van der Waals surface area contributed by atoms with Crippen molar-refractivity contribution in [3.05, 3.63) is 0 Å². The molecule has 0 amide bonds. The number of hydrogen-bond acceptors (Lipinski definition) is 0. The van der Waals surface area contributed by atoms with Crippen molar-refractivity contribution in [2.24, 2.45) is 11.3 Å². The van der Waals surface area contributed by atoms with Crippen molar-refractivity contribution < 1.29 is 0 Å². The Bertz CT molecular complexity index is 101. The van der Waals surface area contributed by atoms with E-state index in [1.807, 2.05) is 0 Å². The first-order chi connectivity index (χ1) is 5.48. The van der Waals surface area contributed by atoms with Crippen LogP contribution in [0.1, 0.15) is 66.7 Å². The molecule has 0 saturated carbocycles. The molecule has 0 unspecified atom stereocenters. The van der Waals surface area contributed by atoms with Crippen LogP contribution >= 0.6 is 0 Å². The van der Waals surface area contributed by atoms with Gasteiger partial charge in [-0.15, -0.1) is 0 Å². The Kier molecular flexibility index (Phi) is 5.61. The van der Waals surface area contributed by atoms with Crippen molar-refractivity contribution >= 4 is 0 Å². The van der Waals surface area contributed by atoms with Crippen LogP contribution in [-0.4, -0.2) is 0 Å². The van der Waals surface area contributed by atoms with Gasteiger partial charge < -0.3 is 0 Å². The summed E-state index contributed by atoms with van der Waals surface area (Å²) in [6.45, 7) is 11.7. The van der Waals surface area contributed by atoms with Crippen LogP contribution in [0.2, 0.25) is 0 Å². The first kappa shape index (κ1) is 12.0. The Morgan fingerprint density at radius 3 is 2.08 bits per heavy atom. The Labute approximate surface area is 78.8 Å². The molecular formula is C12H26. The quantitative estimate of drug-likeness (QED) is 0.545. The van der Waals surface area contributed by atoms with Gasteiger partial charge in [-0.2, -0.15) is 0 Å². The maximum absolute atomic E-state index is 2.41. The van der Waals surface area contributed by atoms with Crippen LogP contribution in [-0.2, 0) is 0 Å². The predicted octanol–water partition coefficient (Wildman–Crippen LogP) is 4.64. The van der Waals surface area contributed by atoms with E-state index in [9.17, 15) is 0 Å². The van der Waals surface area contributed by atoms with E-state index < -0.39 is 0 Å². The molecule has 0 atom stereocenters. The standard InChI is InChI=1S/C12H26/c1-6-7-9-12(4,5)10-8-11(2)3/h11H,6-10H2,1-5H3. The van der Waals surface area contributed by atoms with Gasteiger partial charge in [0, 0.05) is 0 Å². The fraction of sp³-hybridized carbons (Fsp3) is 1.00. The first-order valence-corrected chi connectivity index (χ1v) is 5.48. The molecule has 12 heavy (non-hydrogen) atoms. The molecule has 0 rings (SSSR count). The monoisotopic (exact) mass is 170 g/mol. The summed E-state index contributed by atoms with van der Waals surface area (Å²) in [5, 5.41) is 0. The van der Waals surface area contributed by atoms with Crippen molar-refractivity contribution in [2.45, 2.75) is 66.7 Å². The van der Waals surface area contributed by atoms with Crippen molar-refractivity contribution in [1.82, 2.24) is 0 Å². The number of unbranched alkanes of at least 4 members (excludes halogenated alkanes) is 1. The highest BCUT2D eigenvalue weighted by molar-refractivity contribution is 4.68. The van der Waals surface area contributed by atoms with Gasteiger partial charge in [0.2, 0.25) is 0 Å². The highest BCUT2D eigenvalue weighted by atomic mass is 14.2. The summed E-state index contributed by atoms with van der Waals surface area (Å²) >= 11 is 0. The normalized spacial score (nSPS) is 12.5. The zero-order valence-corrected chi connectivity index (χ0v) is 9.61. The minimum absolute atomic E-state index is 0.584. The topological polar surface area (TPSA) is 0 Å². The molecule has 0 aliphatic carbocycles. The molecule has 0 fully saturated rings. The van der Waals surface area contributed by atoms with Crippen LogP contribution in [0.4, 0.5) is 0 Å². The van der Waals surface area contributed by atoms with Gasteiger partial charge >= 0.3 is 0 Å². The zero-order valence-electron chi connectivity index (χ0n) is 9.61. The molecule has 0 aromatic rings. The predicted molar refractivity (Wildman–Crippen MR) is 57.4 cm³/mol. The average molecular weight is 170 g/mol. The molecule has 0 aliphatic rings. The van der Waals surface area contributed by atoms with Gasteiger partial charge in [-0.3, -0.25) is 0 Å². The molecule has 0 heterocycles. The van der Waals surface area contributed by atoms with Crippen LogP contribution in [0, 0.1) is 11.3 Å². The second-order valence-corrected chi connectivity index (χ2v) is 5.20. The van der Waals surface area contributed by atoms with Crippen LogP contribution < -0.4 is 0 Å². The van der Waals surface area contributed by atoms with Gasteiger partial charge in [-0.25, -0.2) is 0 Å². The van der Waals surface area contributed by atoms with Crippen LogP contribution in [0.25, 0.3) is 0 Å². The summed E-state index contributed by atoms with van der Waals surface area (Å²) in [6.07, 6.45) is 6.91. The third kappa shape index (κ3) is 6.69. The number of hydrogen-bond donors (Lipinski definition) is 0.